The van der Waals surface area contributed by atoms with Crippen LogP contribution in [0.4, 0.5) is 0 Å². The smallest absolute Gasteiger partial charge is 0.120 e. The van der Waals surface area contributed by atoms with E-state index < -0.39 is 0 Å². The van der Waals surface area contributed by atoms with Crippen molar-refractivity contribution in [1.29, 1.82) is 0 Å². The molecule has 0 bridgehead atoms. The Balaban J connectivity index is 1.74. The SMILES string of the molecule is CC(C)Oc1cccc(CNCC2CC(O)C2)c1. The van der Waals surface area contributed by atoms with Crippen molar-refractivity contribution in [2.24, 2.45) is 5.92 Å². The van der Waals surface area contributed by atoms with Crippen LogP contribution < -0.4 is 10.1 Å². The van der Waals surface area contributed by atoms with E-state index in [9.17, 15) is 5.11 Å². The quantitative estimate of drug-likeness (QED) is 0.813. The summed E-state index contributed by atoms with van der Waals surface area (Å²) in [5, 5.41) is 12.6. The summed E-state index contributed by atoms with van der Waals surface area (Å²) in [5.41, 5.74) is 1.24. The lowest BCUT2D eigenvalue weighted by atomic mass is 9.82. The molecule has 0 spiro atoms. The van der Waals surface area contributed by atoms with Crippen molar-refractivity contribution in [2.45, 2.75) is 45.4 Å². The molecule has 3 nitrogen and oxygen atoms in total. The fourth-order valence-corrected chi connectivity index (χ4v) is 2.29. The van der Waals surface area contributed by atoms with E-state index in [0.717, 1.165) is 31.7 Å². The van der Waals surface area contributed by atoms with E-state index in [4.69, 9.17) is 4.74 Å². The molecule has 0 unspecified atom stereocenters. The van der Waals surface area contributed by atoms with Crippen molar-refractivity contribution in [3.05, 3.63) is 29.8 Å². The maximum absolute atomic E-state index is 9.21. The number of hydrogen-bond acceptors (Lipinski definition) is 3. The van der Waals surface area contributed by atoms with Gasteiger partial charge in [0.25, 0.3) is 0 Å². The maximum Gasteiger partial charge on any atom is 0.120 e. The summed E-state index contributed by atoms with van der Waals surface area (Å²) in [6, 6.07) is 8.21. The minimum atomic E-state index is -0.0560. The van der Waals surface area contributed by atoms with Crippen LogP contribution in [0.2, 0.25) is 0 Å². The summed E-state index contributed by atoms with van der Waals surface area (Å²) in [7, 11) is 0. The van der Waals surface area contributed by atoms with E-state index in [1.165, 1.54) is 5.56 Å². The number of aliphatic hydroxyl groups excluding tert-OH is 1. The molecule has 1 aliphatic rings. The average Bonchev–Trinajstić information content (AvgIpc) is 2.26. The molecule has 0 amide bonds. The second-order valence-corrected chi connectivity index (χ2v) is 5.44. The fraction of sp³-hybridized carbons (Fsp3) is 0.600. The molecule has 0 aromatic heterocycles. The normalized spacial score (nSPS) is 22.9. The largest absolute Gasteiger partial charge is 0.491 e. The Morgan fingerprint density at radius 1 is 1.39 bits per heavy atom. The van der Waals surface area contributed by atoms with Crippen LogP contribution in [0.3, 0.4) is 0 Å². The van der Waals surface area contributed by atoms with E-state index in [1.807, 2.05) is 26.0 Å². The van der Waals surface area contributed by atoms with Crippen LogP contribution in [0, 0.1) is 5.92 Å². The molecule has 1 fully saturated rings. The topological polar surface area (TPSA) is 41.5 Å². The lowest BCUT2D eigenvalue weighted by molar-refractivity contribution is 0.0430. The van der Waals surface area contributed by atoms with Crippen LogP contribution in [0.15, 0.2) is 24.3 Å². The van der Waals surface area contributed by atoms with Crippen LogP contribution in [0.25, 0.3) is 0 Å². The molecule has 0 atom stereocenters. The van der Waals surface area contributed by atoms with Gasteiger partial charge in [0.15, 0.2) is 0 Å². The number of benzene rings is 1. The number of ether oxygens (including phenoxy) is 1. The number of nitrogens with one attached hydrogen (secondary N) is 1. The van der Waals surface area contributed by atoms with E-state index in [2.05, 4.69) is 17.4 Å². The van der Waals surface area contributed by atoms with Crippen LogP contribution in [0.5, 0.6) is 5.75 Å². The fourth-order valence-electron chi connectivity index (χ4n) is 2.29. The van der Waals surface area contributed by atoms with Crippen LogP contribution in [0.1, 0.15) is 32.3 Å². The zero-order chi connectivity index (χ0) is 13.0. The molecule has 1 saturated carbocycles. The van der Waals surface area contributed by atoms with Crippen molar-refractivity contribution in [3.63, 3.8) is 0 Å². The molecule has 2 rings (SSSR count). The van der Waals surface area contributed by atoms with E-state index >= 15 is 0 Å². The molecular formula is C15H23NO2. The van der Waals surface area contributed by atoms with Gasteiger partial charge in [0.05, 0.1) is 12.2 Å². The molecule has 18 heavy (non-hydrogen) atoms. The van der Waals surface area contributed by atoms with Gasteiger partial charge in [0, 0.05) is 6.54 Å². The maximum atomic E-state index is 9.21. The minimum Gasteiger partial charge on any atom is -0.491 e. The predicted octanol–water partition coefficient (Wildman–Crippen LogP) is 2.33. The first-order valence-electron chi connectivity index (χ1n) is 6.78. The second-order valence-electron chi connectivity index (χ2n) is 5.44. The highest BCUT2D eigenvalue weighted by atomic mass is 16.5. The Hall–Kier alpha value is -1.06. The molecule has 1 aromatic carbocycles. The summed E-state index contributed by atoms with van der Waals surface area (Å²) in [6.45, 7) is 5.92. The average molecular weight is 249 g/mol. The molecular weight excluding hydrogens is 226 g/mol. The molecule has 2 N–H and O–H groups in total. The van der Waals surface area contributed by atoms with Crippen LogP contribution in [-0.2, 0) is 6.54 Å². The van der Waals surface area contributed by atoms with Gasteiger partial charge in [-0.3, -0.25) is 0 Å². The zero-order valence-corrected chi connectivity index (χ0v) is 11.2. The first kappa shape index (κ1) is 13.4. The molecule has 1 aromatic rings. The Kier molecular flexibility index (Phi) is 4.61. The van der Waals surface area contributed by atoms with Gasteiger partial charge in [-0.25, -0.2) is 0 Å². The van der Waals surface area contributed by atoms with Gasteiger partial charge in [-0.2, -0.15) is 0 Å². The summed E-state index contributed by atoms with van der Waals surface area (Å²) in [4.78, 5) is 0. The molecule has 0 heterocycles. The third-order valence-corrected chi connectivity index (χ3v) is 3.24. The molecule has 1 aliphatic carbocycles. The van der Waals surface area contributed by atoms with Crippen molar-refractivity contribution in [3.8, 4) is 5.75 Å². The van der Waals surface area contributed by atoms with Gasteiger partial charge >= 0.3 is 0 Å². The molecule has 100 valence electrons. The standard InChI is InChI=1S/C15H23NO2/c1-11(2)18-15-5-3-4-12(8-15)9-16-10-13-6-14(17)7-13/h3-5,8,11,13-14,16-17H,6-7,9-10H2,1-2H3. The summed E-state index contributed by atoms with van der Waals surface area (Å²) < 4.78 is 5.67. The highest BCUT2D eigenvalue weighted by Gasteiger charge is 2.26. The first-order chi connectivity index (χ1) is 8.63. The molecule has 3 heteroatoms. The van der Waals surface area contributed by atoms with E-state index in [1.54, 1.807) is 0 Å². The Morgan fingerprint density at radius 3 is 2.83 bits per heavy atom. The lowest BCUT2D eigenvalue weighted by Gasteiger charge is -2.31. The number of hydrogen-bond donors (Lipinski definition) is 2. The van der Waals surface area contributed by atoms with Crippen molar-refractivity contribution in [1.82, 2.24) is 5.32 Å². The molecule has 0 radical (unpaired) electrons. The van der Waals surface area contributed by atoms with E-state index in [-0.39, 0.29) is 12.2 Å². The lowest BCUT2D eigenvalue weighted by Crippen LogP contribution is -2.35. The van der Waals surface area contributed by atoms with Gasteiger partial charge in [0.1, 0.15) is 5.75 Å². The van der Waals surface area contributed by atoms with Crippen molar-refractivity contribution >= 4 is 0 Å². The molecule has 0 saturated heterocycles. The minimum absolute atomic E-state index is 0.0560. The van der Waals surface area contributed by atoms with Gasteiger partial charge in [-0.05, 0) is 56.8 Å². The number of aliphatic hydroxyl groups is 1. The third-order valence-electron chi connectivity index (χ3n) is 3.24. The summed E-state index contributed by atoms with van der Waals surface area (Å²) >= 11 is 0. The second kappa shape index (κ2) is 6.21. The summed E-state index contributed by atoms with van der Waals surface area (Å²) in [5.74, 6) is 1.58. The van der Waals surface area contributed by atoms with Crippen LogP contribution in [-0.4, -0.2) is 23.9 Å². The highest BCUT2D eigenvalue weighted by molar-refractivity contribution is 5.28. The Morgan fingerprint density at radius 2 is 2.17 bits per heavy atom. The van der Waals surface area contributed by atoms with Crippen molar-refractivity contribution < 1.29 is 9.84 Å². The van der Waals surface area contributed by atoms with Gasteiger partial charge in [-0.15, -0.1) is 0 Å². The number of rotatable bonds is 6. The predicted molar refractivity (Wildman–Crippen MR) is 72.6 cm³/mol. The highest BCUT2D eigenvalue weighted by Crippen LogP contribution is 2.26. The van der Waals surface area contributed by atoms with Gasteiger partial charge < -0.3 is 15.2 Å². The van der Waals surface area contributed by atoms with Gasteiger partial charge in [-0.1, -0.05) is 12.1 Å². The summed E-state index contributed by atoms with van der Waals surface area (Å²) in [6.07, 6.45) is 2.05. The van der Waals surface area contributed by atoms with E-state index in [0.29, 0.717) is 5.92 Å². The zero-order valence-electron chi connectivity index (χ0n) is 11.2. The monoisotopic (exact) mass is 249 g/mol. The van der Waals surface area contributed by atoms with Crippen LogP contribution >= 0.6 is 0 Å². The Bertz CT molecular complexity index is 373. The molecule has 0 aliphatic heterocycles. The van der Waals surface area contributed by atoms with Crippen molar-refractivity contribution in [2.75, 3.05) is 6.54 Å². The first-order valence-corrected chi connectivity index (χ1v) is 6.78. The Labute approximate surface area is 109 Å². The van der Waals surface area contributed by atoms with Gasteiger partial charge in [0.2, 0.25) is 0 Å². The third kappa shape index (κ3) is 4.00.